The Kier molecular flexibility index (Phi) is 2.83. The van der Waals surface area contributed by atoms with E-state index in [-0.39, 0.29) is 5.82 Å². The summed E-state index contributed by atoms with van der Waals surface area (Å²) >= 11 is 0. The third-order valence-electron chi connectivity index (χ3n) is 4.18. The number of aliphatic hydroxyl groups is 1. The van der Waals surface area contributed by atoms with Gasteiger partial charge in [-0.15, -0.1) is 0 Å². The summed E-state index contributed by atoms with van der Waals surface area (Å²) in [7, 11) is 0. The van der Waals surface area contributed by atoms with Gasteiger partial charge in [0.1, 0.15) is 11.4 Å². The Morgan fingerprint density at radius 1 is 1.20 bits per heavy atom. The Bertz CT molecular complexity index is 672. The molecule has 0 saturated carbocycles. The molecular weight excluding hydrogens is 253 g/mol. The second-order valence-corrected chi connectivity index (χ2v) is 5.72. The van der Waals surface area contributed by atoms with Crippen LogP contribution in [0.2, 0.25) is 0 Å². The van der Waals surface area contributed by atoms with E-state index in [1.807, 2.05) is 32.0 Å². The SMILES string of the molecule is Cc1cc(C)c(C2(O)CCc3cc(N)ccc32)c(F)c1. The van der Waals surface area contributed by atoms with Crippen LogP contribution in [0.5, 0.6) is 0 Å². The van der Waals surface area contributed by atoms with Crippen LogP contribution in [-0.2, 0) is 12.0 Å². The molecule has 1 unspecified atom stereocenters. The predicted octanol–water partition coefficient (Wildman–Crippen LogP) is 3.21. The molecule has 1 aliphatic rings. The minimum atomic E-state index is -1.25. The summed E-state index contributed by atoms with van der Waals surface area (Å²) in [6.07, 6.45) is 1.20. The highest BCUT2D eigenvalue weighted by Crippen LogP contribution is 2.44. The van der Waals surface area contributed by atoms with E-state index in [2.05, 4.69) is 0 Å². The molecule has 0 bridgehead atoms. The maximum absolute atomic E-state index is 14.4. The molecule has 3 rings (SSSR count). The van der Waals surface area contributed by atoms with Crippen molar-refractivity contribution in [3.63, 3.8) is 0 Å². The monoisotopic (exact) mass is 271 g/mol. The average Bonchev–Trinajstić information content (AvgIpc) is 2.65. The molecule has 3 heteroatoms. The van der Waals surface area contributed by atoms with Crippen LogP contribution in [0.4, 0.5) is 10.1 Å². The molecule has 1 atom stereocenters. The van der Waals surface area contributed by atoms with Gasteiger partial charge in [-0.3, -0.25) is 0 Å². The van der Waals surface area contributed by atoms with E-state index in [4.69, 9.17) is 5.73 Å². The fourth-order valence-corrected chi connectivity index (χ4v) is 3.37. The number of fused-ring (bicyclic) bond motifs is 1. The van der Waals surface area contributed by atoms with Crippen LogP contribution in [-0.4, -0.2) is 5.11 Å². The van der Waals surface area contributed by atoms with Crippen LogP contribution < -0.4 is 5.73 Å². The van der Waals surface area contributed by atoms with Crippen molar-refractivity contribution in [3.8, 4) is 0 Å². The number of nitrogen functional groups attached to an aromatic ring is 1. The topological polar surface area (TPSA) is 46.2 Å². The van der Waals surface area contributed by atoms with Crippen LogP contribution in [0.3, 0.4) is 0 Å². The van der Waals surface area contributed by atoms with Gasteiger partial charge in [-0.1, -0.05) is 12.1 Å². The number of nitrogens with two attached hydrogens (primary N) is 1. The van der Waals surface area contributed by atoms with Gasteiger partial charge in [-0.05, 0) is 67.1 Å². The largest absolute Gasteiger partial charge is 0.399 e. The Labute approximate surface area is 118 Å². The molecular formula is C17H18FNO. The lowest BCUT2D eigenvalue weighted by Crippen LogP contribution is -2.26. The summed E-state index contributed by atoms with van der Waals surface area (Å²) in [5.74, 6) is -0.338. The Hall–Kier alpha value is -1.87. The van der Waals surface area contributed by atoms with E-state index in [1.54, 1.807) is 6.07 Å². The lowest BCUT2D eigenvalue weighted by Gasteiger charge is -2.27. The molecule has 0 amide bonds. The third-order valence-corrected chi connectivity index (χ3v) is 4.18. The summed E-state index contributed by atoms with van der Waals surface area (Å²) in [6, 6.07) is 8.84. The number of hydrogen-bond acceptors (Lipinski definition) is 2. The zero-order chi connectivity index (χ0) is 14.5. The molecule has 2 aromatic rings. The Balaban J connectivity index is 2.22. The number of halogens is 1. The van der Waals surface area contributed by atoms with Crippen molar-refractivity contribution in [3.05, 3.63) is 64.0 Å². The normalized spacial score (nSPS) is 21.0. The minimum absolute atomic E-state index is 0.338. The number of hydrogen-bond donors (Lipinski definition) is 2. The first kappa shape index (κ1) is 13.1. The van der Waals surface area contributed by atoms with E-state index in [0.29, 0.717) is 24.1 Å². The van der Waals surface area contributed by atoms with Crippen LogP contribution in [0.15, 0.2) is 30.3 Å². The Morgan fingerprint density at radius 2 is 1.95 bits per heavy atom. The molecule has 2 nitrogen and oxygen atoms in total. The van der Waals surface area contributed by atoms with Crippen molar-refractivity contribution < 1.29 is 9.50 Å². The maximum Gasteiger partial charge on any atom is 0.130 e. The highest BCUT2D eigenvalue weighted by Gasteiger charge is 2.41. The van der Waals surface area contributed by atoms with Crippen molar-refractivity contribution in [2.45, 2.75) is 32.3 Å². The fourth-order valence-electron chi connectivity index (χ4n) is 3.37. The smallest absolute Gasteiger partial charge is 0.130 e. The first-order valence-corrected chi connectivity index (χ1v) is 6.80. The van der Waals surface area contributed by atoms with Gasteiger partial charge in [-0.2, -0.15) is 0 Å². The van der Waals surface area contributed by atoms with Crippen LogP contribution in [0, 0.1) is 19.7 Å². The van der Waals surface area contributed by atoms with Crippen LogP contribution in [0.1, 0.15) is 34.2 Å². The van der Waals surface area contributed by atoms with Gasteiger partial charge in [0.2, 0.25) is 0 Å². The number of rotatable bonds is 1. The summed E-state index contributed by atoms with van der Waals surface area (Å²) in [5.41, 5.74) is 9.04. The molecule has 0 aromatic heterocycles. The van der Waals surface area contributed by atoms with Crippen molar-refractivity contribution in [2.24, 2.45) is 0 Å². The number of aryl methyl sites for hydroxylation is 3. The standard InChI is InChI=1S/C17H18FNO/c1-10-7-11(2)16(15(18)8-10)17(20)6-5-12-9-13(19)3-4-14(12)17/h3-4,7-9,20H,5-6,19H2,1-2H3. The zero-order valence-corrected chi connectivity index (χ0v) is 11.7. The summed E-state index contributed by atoms with van der Waals surface area (Å²) in [6.45, 7) is 3.70. The van der Waals surface area contributed by atoms with Crippen LogP contribution in [0.25, 0.3) is 0 Å². The molecule has 0 spiro atoms. The van der Waals surface area contributed by atoms with E-state index in [9.17, 15) is 9.50 Å². The molecule has 0 radical (unpaired) electrons. The molecule has 1 aliphatic carbocycles. The highest BCUT2D eigenvalue weighted by molar-refractivity contribution is 5.54. The molecule has 3 N–H and O–H groups in total. The summed E-state index contributed by atoms with van der Waals surface area (Å²) in [5, 5.41) is 11.1. The maximum atomic E-state index is 14.4. The number of benzene rings is 2. The lowest BCUT2D eigenvalue weighted by atomic mass is 9.84. The second-order valence-electron chi connectivity index (χ2n) is 5.72. The van der Waals surface area contributed by atoms with Gasteiger partial charge in [0.25, 0.3) is 0 Å². The van der Waals surface area contributed by atoms with E-state index in [0.717, 1.165) is 22.3 Å². The van der Waals surface area contributed by atoms with E-state index < -0.39 is 5.60 Å². The van der Waals surface area contributed by atoms with E-state index in [1.165, 1.54) is 6.07 Å². The fraction of sp³-hybridized carbons (Fsp3) is 0.294. The summed E-state index contributed by atoms with van der Waals surface area (Å²) in [4.78, 5) is 0. The number of anilines is 1. The zero-order valence-electron chi connectivity index (χ0n) is 11.7. The average molecular weight is 271 g/mol. The molecule has 2 aromatic carbocycles. The first-order chi connectivity index (χ1) is 9.41. The van der Waals surface area contributed by atoms with Gasteiger partial charge >= 0.3 is 0 Å². The molecule has 20 heavy (non-hydrogen) atoms. The third kappa shape index (κ3) is 1.81. The van der Waals surface area contributed by atoms with Gasteiger partial charge < -0.3 is 10.8 Å². The van der Waals surface area contributed by atoms with E-state index >= 15 is 0 Å². The minimum Gasteiger partial charge on any atom is -0.399 e. The first-order valence-electron chi connectivity index (χ1n) is 6.80. The van der Waals surface area contributed by atoms with Gasteiger partial charge in [0, 0.05) is 11.3 Å². The molecule has 0 saturated heterocycles. The molecule has 0 heterocycles. The van der Waals surface area contributed by atoms with Crippen molar-refractivity contribution in [1.29, 1.82) is 0 Å². The van der Waals surface area contributed by atoms with Gasteiger partial charge in [0.05, 0.1) is 0 Å². The predicted molar refractivity (Wildman–Crippen MR) is 78.0 cm³/mol. The lowest BCUT2D eigenvalue weighted by molar-refractivity contribution is 0.0782. The molecule has 0 fully saturated rings. The highest BCUT2D eigenvalue weighted by atomic mass is 19.1. The Morgan fingerprint density at radius 3 is 2.65 bits per heavy atom. The van der Waals surface area contributed by atoms with Crippen molar-refractivity contribution >= 4 is 5.69 Å². The second kappa shape index (κ2) is 4.32. The van der Waals surface area contributed by atoms with Crippen LogP contribution >= 0.6 is 0 Å². The summed E-state index contributed by atoms with van der Waals surface area (Å²) < 4.78 is 14.4. The van der Waals surface area contributed by atoms with Crippen molar-refractivity contribution in [1.82, 2.24) is 0 Å². The molecule has 0 aliphatic heterocycles. The van der Waals surface area contributed by atoms with Gasteiger partial charge in [-0.25, -0.2) is 4.39 Å². The van der Waals surface area contributed by atoms with Gasteiger partial charge in [0.15, 0.2) is 0 Å². The quantitative estimate of drug-likeness (QED) is 0.782. The van der Waals surface area contributed by atoms with Crippen molar-refractivity contribution in [2.75, 3.05) is 5.73 Å². The molecule has 104 valence electrons.